The summed E-state index contributed by atoms with van der Waals surface area (Å²) in [6.45, 7) is 6.79. The third kappa shape index (κ3) is 4.87. The lowest BCUT2D eigenvalue weighted by Crippen LogP contribution is -2.49. The van der Waals surface area contributed by atoms with E-state index in [4.69, 9.17) is 4.74 Å². The zero-order valence-corrected chi connectivity index (χ0v) is 21.1. The number of nitrogens with zero attached hydrogens (tertiary/aromatic N) is 2. The molecule has 2 unspecified atom stereocenters. The summed E-state index contributed by atoms with van der Waals surface area (Å²) in [7, 11) is 1.58. The first-order valence-corrected chi connectivity index (χ1v) is 12.7. The molecule has 5 nitrogen and oxygen atoms in total. The Balaban J connectivity index is 1.63. The van der Waals surface area contributed by atoms with Crippen molar-refractivity contribution >= 4 is 23.2 Å². The van der Waals surface area contributed by atoms with Crippen LogP contribution in [-0.2, 0) is 11.2 Å². The number of hydrogen-bond donors (Lipinski definition) is 0. The standard InChI is InChI=1S/C28H32N2O3S/c1-5-20(3)30(28(32)22-7-6-8-23(17-22)33-4)18-26(31)29-15-13-25-24(14-16-34-25)27(29)21-11-9-19(2)10-12-21/h6-12,14,16-17,20,27H,5,13,15,18H2,1-4H3. The summed E-state index contributed by atoms with van der Waals surface area (Å²) >= 11 is 1.75. The number of aryl methyl sites for hydroxylation is 1. The van der Waals surface area contributed by atoms with Crippen LogP contribution in [0.5, 0.6) is 5.75 Å². The van der Waals surface area contributed by atoms with Crippen LogP contribution in [0.2, 0.25) is 0 Å². The molecule has 1 aromatic heterocycles. The van der Waals surface area contributed by atoms with Gasteiger partial charge in [0.15, 0.2) is 0 Å². The third-order valence-electron chi connectivity index (χ3n) is 6.69. The summed E-state index contributed by atoms with van der Waals surface area (Å²) in [5.74, 6) is 0.447. The van der Waals surface area contributed by atoms with E-state index in [1.165, 1.54) is 16.0 Å². The van der Waals surface area contributed by atoms with Crippen molar-refractivity contribution in [3.63, 3.8) is 0 Å². The smallest absolute Gasteiger partial charge is 0.254 e. The largest absolute Gasteiger partial charge is 0.497 e. The van der Waals surface area contributed by atoms with Crippen LogP contribution in [-0.4, -0.2) is 47.9 Å². The molecule has 1 aliphatic heterocycles. The number of thiophene rings is 1. The van der Waals surface area contributed by atoms with Gasteiger partial charge in [-0.2, -0.15) is 0 Å². The van der Waals surface area contributed by atoms with Crippen LogP contribution in [0.3, 0.4) is 0 Å². The van der Waals surface area contributed by atoms with Crippen LogP contribution in [0, 0.1) is 6.92 Å². The van der Waals surface area contributed by atoms with E-state index in [-0.39, 0.29) is 30.4 Å². The lowest BCUT2D eigenvalue weighted by molar-refractivity contribution is -0.134. The lowest BCUT2D eigenvalue weighted by Gasteiger charge is -2.38. The molecule has 2 atom stereocenters. The molecular weight excluding hydrogens is 444 g/mol. The van der Waals surface area contributed by atoms with E-state index in [1.807, 2.05) is 24.8 Å². The van der Waals surface area contributed by atoms with E-state index in [0.717, 1.165) is 18.4 Å². The van der Waals surface area contributed by atoms with Gasteiger partial charge in [0.2, 0.25) is 5.91 Å². The Kier molecular flexibility index (Phi) is 7.37. The molecule has 178 valence electrons. The predicted molar refractivity (Wildman–Crippen MR) is 137 cm³/mol. The van der Waals surface area contributed by atoms with E-state index in [1.54, 1.807) is 41.5 Å². The van der Waals surface area contributed by atoms with Crippen LogP contribution >= 0.6 is 11.3 Å². The van der Waals surface area contributed by atoms with E-state index in [9.17, 15) is 9.59 Å². The summed E-state index contributed by atoms with van der Waals surface area (Å²) in [4.78, 5) is 32.2. The Hall–Kier alpha value is -3.12. The Morgan fingerprint density at radius 2 is 1.94 bits per heavy atom. The molecule has 4 rings (SSSR count). The van der Waals surface area contributed by atoms with Crippen molar-refractivity contribution in [3.05, 3.63) is 87.1 Å². The molecule has 0 radical (unpaired) electrons. The van der Waals surface area contributed by atoms with Crippen molar-refractivity contribution in [1.82, 2.24) is 9.80 Å². The van der Waals surface area contributed by atoms with E-state index >= 15 is 0 Å². The highest BCUT2D eigenvalue weighted by Crippen LogP contribution is 2.38. The van der Waals surface area contributed by atoms with Gasteiger partial charge in [-0.05, 0) is 67.5 Å². The quantitative estimate of drug-likeness (QED) is 0.454. The second-order valence-electron chi connectivity index (χ2n) is 8.87. The van der Waals surface area contributed by atoms with Gasteiger partial charge in [-0.15, -0.1) is 11.3 Å². The minimum atomic E-state index is -0.151. The van der Waals surface area contributed by atoms with Crippen LogP contribution < -0.4 is 4.74 Å². The zero-order chi connectivity index (χ0) is 24.2. The fourth-order valence-corrected chi connectivity index (χ4v) is 5.40. The van der Waals surface area contributed by atoms with Crippen molar-refractivity contribution in [1.29, 1.82) is 0 Å². The number of rotatable bonds is 7. The number of benzene rings is 2. The first-order valence-electron chi connectivity index (χ1n) is 11.8. The van der Waals surface area contributed by atoms with Crippen LogP contribution in [0.4, 0.5) is 0 Å². The summed E-state index contributed by atoms with van der Waals surface area (Å²) in [5.41, 5.74) is 4.02. The van der Waals surface area contributed by atoms with Gasteiger partial charge in [-0.3, -0.25) is 9.59 Å². The summed E-state index contributed by atoms with van der Waals surface area (Å²) in [6.07, 6.45) is 1.60. The van der Waals surface area contributed by atoms with Gasteiger partial charge < -0.3 is 14.5 Å². The Bertz CT molecular complexity index is 1150. The molecule has 1 aliphatic rings. The fourth-order valence-electron chi connectivity index (χ4n) is 4.50. The summed E-state index contributed by atoms with van der Waals surface area (Å²) in [5, 5.41) is 2.11. The van der Waals surface area contributed by atoms with Gasteiger partial charge in [-0.25, -0.2) is 0 Å². The molecular formula is C28H32N2O3S. The third-order valence-corrected chi connectivity index (χ3v) is 7.68. The molecule has 0 saturated carbocycles. The van der Waals surface area contributed by atoms with Crippen molar-refractivity contribution in [2.45, 2.75) is 45.7 Å². The maximum absolute atomic E-state index is 13.8. The SMILES string of the molecule is CCC(C)N(CC(=O)N1CCc2sccc2C1c1ccc(C)cc1)C(=O)c1cccc(OC)c1. The van der Waals surface area contributed by atoms with Gasteiger partial charge in [0.25, 0.3) is 5.91 Å². The van der Waals surface area contributed by atoms with Crippen molar-refractivity contribution in [2.24, 2.45) is 0 Å². The number of hydrogen-bond acceptors (Lipinski definition) is 4. The number of ether oxygens (including phenoxy) is 1. The van der Waals surface area contributed by atoms with Crippen molar-refractivity contribution in [2.75, 3.05) is 20.2 Å². The normalized spacial score (nSPS) is 16.0. The molecule has 2 heterocycles. The Morgan fingerprint density at radius 1 is 1.18 bits per heavy atom. The minimum absolute atomic E-state index is 0.0287. The number of methoxy groups -OCH3 is 1. The summed E-state index contributed by atoms with van der Waals surface area (Å²) < 4.78 is 5.30. The zero-order valence-electron chi connectivity index (χ0n) is 20.3. The monoisotopic (exact) mass is 476 g/mol. The van der Waals surface area contributed by atoms with Crippen LogP contribution in [0.15, 0.2) is 60.0 Å². The number of fused-ring (bicyclic) bond motifs is 1. The second-order valence-corrected chi connectivity index (χ2v) is 9.87. The first kappa shape index (κ1) is 24.0. The highest BCUT2D eigenvalue weighted by Gasteiger charge is 2.34. The van der Waals surface area contributed by atoms with Gasteiger partial charge >= 0.3 is 0 Å². The molecule has 34 heavy (non-hydrogen) atoms. The predicted octanol–water partition coefficient (Wildman–Crippen LogP) is 5.48. The number of carbonyl (C=O) groups is 2. The Morgan fingerprint density at radius 3 is 2.65 bits per heavy atom. The van der Waals surface area contributed by atoms with Crippen molar-refractivity contribution < 1.29 is 14.3 Å². The molecule has 2 aromatic carbocycles. The molecule has 6 heteroatoms. The molecule has 0 spiro atoms. The second kappa shape index (κ2) is 10.4. The highest BCUT2D eigenvalue weighted by molar-refractivity contribution is 7.10. The lowest BCUT2D eigenvalue weighted by atomic mass is 9.92. The highest BCUT2D eigenvalue weighted by atomic mass is 32.1. The van der Waals surface area contributed by atoms with Crippen LogP contribution in [0.25, 0.3) is 0 Å². The number of carbonyl (C=O) groups excluding carboxylic acids is 2. The van der Waals surface area contributed by atoms with E-state index in [2.05, 4.69) is 42.6 Å². The molecule has 0 aliphatic carbocycles. The maximum atomic E-state index is 13.8. The first-order chi connectivity index (χ1) is 16.4. The molecule has 0 fully saturated rings. The molecule has 3 aromatic rings. The van der Waals surface area contributed by atoms with E-state index < -0.39 is 0 Å². The van der Waals surface area contributed by atoms with Gasteiger partial charge in [0.05, 0.1) is 13.2 Å². The molecule has 0 N–H and O–H groups in total. The van der Waals surface area contributed by atoms with Gasteiger partial charge in [-0.1, -0.05) is 42.8 Å². The molecule has 2 amide bonds. The number of amides is 2. The molecule has 0 saturated heterocycles. The average molecular weight is 477 g/mol. The molecule has 0 bridgehead atoms. The Labute approximate surface area is 206 Å². The fraction of sp³-hybridized carbons (Fsp3) is 0.357. The van der Waals surface area contributed by atoms with Gasteiger partial charge in [0, 0.05) is 23.0 Å². The summed E-state index contributed by atoms with van der Waals surface area (Å²) in [6, 6.07) is 17.5. The average Bonchev–Trinajstić information content (AvgIpc) is 3.35. The topological polar surface area (TPSA) is 49.9 Å². The van der Waals surface area contributed by atoms with E-state index in [0.29, 0.717) is 17.9 Å². The van der Waals surface area contributed by atoms with Crippen molar-refractivity contribution in [3.8, 4) is 5.75 Å². The maximum Gasteiger partial charge on any atom is 0.254 e. The minimum Gasteiger partial charge on any atom is -0.497 e. The van der Waals surface area contributed by atoms with Gasteiger partial charge in [0.1, 0.15) is 12.3 Å². The van der Waals surface area contributed by atoms with Crippen LogP contribution in [0.1, 0.15) is 58.2 Å².